The summed E-state index contributed by atoms with van der Waals surface area (Å²) in [5.74, 6) is 0.00903. The molecule has 0 aromatic carbocycles. The van der Waals surface area contributed by atoms with Gasteiger partial charge < -0.3 is 20.1 Å². The van der Waals surface area contributed by atoms with Gasteiger partial charge in [-0.2, -0.15) is 0 Å². The summed E-state index contributed by atoms with van der Waals surface area (Å²) in [5, 5.41) is 6.34. The topological polar surface area (TPSA) is 59.6 Å². The van der Waals surface area contributed by atoms with E-state index in [-0.39, 0.29) is 23.7 Å². The number of hydrogen-bond donors (Lipinski definition) is 2. The molecule has 2 aliphatic heterocycles. The lowest BCUT2D eigenvalue weighted by molar-refractivity contribution is -0.130. The molecule has 0 aromatic heterocycles. The highest BCUT2D eigenvalue weighted by Crippen LogP contribution is 2.29. The van der Waals surface area contributed by atoms with Crippen LogP contribution >= 0.6 is 0 Å². The third-order valence-corrected chi connectivity index (χ3v) is 3.86. The number of hydrogen-bond acceptors (Lipinski definition) is 4. The van der Waals surface area contributed by atoms with E-state index in [1.807, 2.05) is 0 Å². The average Bonchev–Trinajstić information content (AvgIpc) is 2.80. The molecule has 0 radical (unpaired) electrons. The maximum atomic E-state index is 12.1. The van der Waals surface area contributed by atoms with E-state index < -0.39 is 0 Å². The van der Waals surface area contributed by atoms with Crippen LogP contribution in [0.2, 0.25) is 0 Å². The van der Waals surface area contributed by atoms with Crippen molar-refractivity contribution in [3.8, 4) is 0 Å². The van der Waals surface area contributed by atoms with E-state index >= 15 is 0 Å². The number of carbonyl (C=O) groups excluding carboxylic acids is 1. The van der Waals surface area contributed by atoms with Crippen molar-refractivity contribution in [2.75, 3.05) is 26.3 Å². The molecule has 0 saturated carbocycles. The molecular formula is C13H24N2O3. The molecule has 2 heterocycles. The maximum absolute atomic E-state index is 12.1. The normalized spacial score (nSPS) is 32.1. The fraction of sp³-hybridized carbons (Fsp3) is 0.923. The van der Waals surface area contributed by atoms with E-state index in [9.17, 15) is 4.79 Å². The second-order valence-corrected chi connectivity index (χ2v) is 5.23. The molecule has 2 saturated heterocycles. The smallest absolute Gasteiger partial charge is 0.249 e. The van der Waals surface area contributed by atoms with E-state index in [0.717, 1.165) is 25.9 Å². The fourth-order valence-electron chi connectivity index (χ4n) is 2.59. The lowest BCUT2D eigenvalue weighted by Gasteiger charge is -2.32. The van der Waals surface area contributed by atoms with Crippen molar-refractivity contribution in [3.63, 3.8) is 0 Å². The third-order valence-electron chi connectivity index (χ3n) is 3.86. The zero-order valence-electron chi connectivity index (χ0n) is 11.3. The molecule has 0 bridgehead atoms. The summed E-state index contributed by atoms with van der Waals surface area (Å²) in [7, 11) is 0. The Kier molecular flexibility index (Phi) is 4.59. The average molecular weight is 256 g/mol. The summed E-state index contributed by atoms with van der Waals surface area (Å²) >= 11 is 0. The Balaban J connectivity index is 1.86. The summed E-state index contributed by atoms with van der Waals surface area (Å²) in [6, 6.07) is 0.253. The Morgan fingerprint density at radius 2 is 2.28 bits per heavy atom. The first kappa shape index (κ1) is 13.8. The summed E-state index contributed by atoms with van der Waals surface area (Å²) in [4.78, 5) is 12.1. The van der Waals surface area contributed by atoms with Crippen LogP contribution in [0.3, 0.4) is 0 Å². The van der Waals surface area contributed by atoms with Crippen molar-refractivity contribution < 1.29 is 14.3 Å². The summed E-state index contributed by atoms with van der Waals surface area (Å²) < 4.78 is 11.4. The largest absolute Gasteiger partial charge is 0.370 e. The SMILES string of the molecule is CCC(CC)NC(=O)C1CC2(CNCCO2)CO1. The highest BCUT2D eigenvalue weighted by Gasteiger charge is 2.45. The predicted molar refractivity (Wildman–Crippen MR) is 68.4 cm³/mol. The van der Waals surface area contributed by atoms with Gasteiger partial charge in [-0.1, -0.05) is 13.8 Å². The van der Waals surface area contributed by atoms with E-state index in [2.05, 4.69) is 24.5 Å². The van der Waals surface area contributed by atoms with Gasteiger partial charge in [0.25, 0.3) is 0 Å². The molecule has 0 aromatic rings. The zero-order chi connectivity index (χ0) is 13.0. The minimum atomic E-state index is -0.356. The number of morpholine rings is 1. The van der Waals surface area contributed by atoms with Crippen LogP contribution in [0.15, 0.2) is 0 Å². The van der Waals surface area contributed by atoms with Crippen LogP contribution in [0.5, 0.6) is 0 Å². The molecular weight excluding hydrogens is 232 g/mol. The third kappa shape index (κ3) is 3.02. The zero-order valence-corrected chi connectivity index (χ0v) is 11.3. The van der Waals surface area contributed by atoms with Gasteiger partial charge in [0.1, 0.15) is 11.7 Å². The van der Waals surface area contributed by atoms with Crippen molar-refractivity contribution in [2.45, 2.75) is 50.9 Å². The number of ether oxygens (including phenoxy) is 2. The van der Waals surface area contributed by atoms with E-state index in [0.29, 0.717) is 19.6 Å². The van der Waals surface area contributed by atoms with Crippen LogP contribution in [-0.2, 0) is 14.3 Å². The Morgan fingerprint density at radius 1 is 1.50 bits per heavy atom. The van der Waals surface area contributed by atoms with Gasteiger partial charge in [0.2, 0.25) is 5.91 Å². The Bertz CT molecular complexity index is 286. The van der Waals surface area contributed by atoms with Crippen LogP contribution in [0.4, 0.5) is 0 Å². The number of rotatable bonds is 4. The molecule has 1 spiro atoms. The van der Waals surface area contributed by atoms with Gasteiger partial charge in [-0.3, -0.25) is 4.79 Å². The molecule has 2 N–H and O–H groups in total. The minimum Gasteiger partial charge on any atom is -0.370 e. The Morgan fingerprint density at radius 3 is 2.89 bits per heavy atom. The number of carbonyl (C=O) groups is 1. The molecule has 2 atom stereocenters. The fourth-order valence-corrected chi connectivity index (χ4v) is 2.59. The van der Waals surface area contributed by atoms with Crippen molar-refractivity contribution >= 4 is 5.91 Å². The van der Waals surface area contributed by atoms with Crippen molar-refractivity contribution in [1.29, 1.82) is 0 Å². The monoisotopic (exact) mass is 256 g/mol. The first-order chi connectivity index (χ1) is 8.69. The molecule has 104 valence electrons. The van der Waals surface area contributed by atoms with Crippen LogP contribution in [0, 0.1) is 0 Å². The van der Waals surface area contributed by atoms with Crippen molar-refractivity contribution in [2.24, 2.45) is 0 Å². The van der Waals surface area contributed by atoms with Gasteiger partial charge in [-0.15, -0.1) is 0 Å². The molecule has 2 rings (SSSR count). The standard InChI is InChI=1S/C13H24N2O3/c1-3-10(4-2)15-12(16)11-7-13(9-17-11)8-14-5-6-18-13/h10-11,14H,3-9H2,1-2H3,(H,15,16). The van der Waals surface area contributed by atoms with Gasteiger partial charge >= 0.3 is 0 Å². The van der Waals surface area contributed by atoms with Gasteiger partial charge in [-0.25, -0.2) is 0 Å². The quantitative estimate of drug-likeness (QED) is 0.766. The van der Waals surface area contributed by atoms with Crippen LogP contribution in [-0.4, -0.2) is 50.0 Å². The molecule has 2 aliphatic rings. The summed E-state index contributed by atoms with van der Waals surface area (Å²) in [6.45, 7) is 7.04. The van der Waals surface area contributed by atoms with Gasteiger partial charge in [0.15, 0.2) is 0 Å². The highest BCUT2D eigenvalue weighted by molar-refractivity contribution is 5.81. The molecule has 5 nitrogen and oxygen atoms in total. The van der Waals surface area contributed by atoms with Gasteiger partial charge in [0, 0.05) is 25.6 Å². The summed E-state index contributed by atoms with van der Waals surface area (Å²) in [6.07, 6.45) is 2.22. The second kappa shape index (κ2) is 5.99. The van der Waals surface area contributed by atoms with Crippen LogP contribution in [0.25, 0.3) is 0 Å². The minimum absolute atomic E-state index is 0.00903. The van der Waals surface area contributed by atoms with Crippen molar-refractivity contribution in [1.82, 2.24) is 10.6 Å². The molecule has 5 heteroatoms. The van der Waals surface area contributed by atoms with Crippen LogP contribution in [0.1, 0.15) is 33.1 Å². The lowest BCUT2D eigenvalue weighted by atomic mass is 9.98. The Labute approximate surface area is 109 Å². The number of amides is 1. The first-order valence-electron chi connectivity index (χ1n) is 6.96. The molecule has 0 aliphatic carbocycles. The second-order valence-electron chi connectivity index (χ2n) is 5.23. The lowest BCUT2D eigenvalue weighted by Crippen LogP contribution is -2.51. The highest BCUT2D eigenvalue weighted by atomic mass is 16.6. The maximum Gasteiger partial charge on any atom is 0.249 e. The van der Waals surface area contributed by atoms with E-state index in [1.165, 1.54) is 0 Å². The predicted octanol–water partition coefficient (Wildman–Crippen LogP) is 0.439. The van der Waals surface area contributed by atoms with Crippen molar-refractivity contribution in [3.05, 3.63) is 0 Å². The van der Waals surface area contributed by atoms with E-state index in [4.69, 9.17) is 9.47 Å². The first-order valence-corrected chi connectivity index (χ1v) is 6.96. The molecule has 1 amide bonds. The number of nitrogens with one attached hydrogen (secondary N) is 2. The van der Waals surface area contributed by atoms with E-state index in [1.54, 1.807) is 0 Å². The summed E-state index contributed by atoms with van der Waals surface area (Å²) in [5.41, 5.74) is -0.284. The molecule has 2 fully saturated rings. The van der Waals surface area contributed by atoms with Gasteiger partial charge in [-0.05, 0) is 12.8 Å². The molecule has 18 heavy (non-hydrogen) atoms. The Hall–Kier alpha value is -0.650. The van der Waals surface area contributed by atoms with Crippen LogP contribution < -0.4 is 10.6 Å². The molecule has 2 unspecified atom stereocenters. The van der Waals surface area contributed by atoms with Gasteiger partial charge in [0.05, 0.1) is 13.2 Å².